The van der Waals surface area contributed by atoms with Gasteiger partial charge in [0.05, 0.1) is 0 Å². The maximum atomic E-state index is 12.5. The van der Waals surface area contributed by atoms with Gasteiger partial charge in [0.2, 0.25) is 5.91 Å². The van der Waals surface area contributed by atoms with Crippen LogP contribution in [0.5, 0.6) is 0 Å². The third kappa shape index (κ3) is 1.43. The second kappa shape index (κ2) is 3.19. The van der Waals surface area contributed by atoms with Crippen molar-refractivity contribution in [1.29, 1.82) is 0 Å². The predicted molar refractivity (Wildman–Crippen MR) is 71.9 cm³/mol. The third-order valence-corrected chi connectivity index (χ3v) is 5.19. The first-order chi connectivity index (χ1) is 8.19. The molecule has 1 spiro atoms. The highest BCUT2D eigenvalue weighted by Gasteiger charge is 2.57. The molecule has 100 valence electrons. The van der Waals surface area contributed by atoms with E-state index in [0.717, 1.165) is 25.8 Å². The Kier molecular flexibility index (Phi) is 2.16. The summed E-state index contributed by atoms with van der Waals surface area (Å²) in [4.78, 5) is 14.7. The monoisotopic (exact) mass is 248 g/mol. The van der Waals surface area contributed by atoms with Gasteiger partial charge in [0.1, 0.15) is 5.54 Å². The molecule has 1 N–H and O–H groups in total. The van der Waals surface area contributed by atoms with Crippen molar-refractivity contribution in [3.63, 3.8) is 0 Å². The van der Waals surface area contributed by atoms with E-state index in [1.165, 1.54) is 11.3 Å². The number of allylic oxidation sites excluding steroid dienone is 1. The van der Waals surface area contributed by atoms with Gasteiger partial charge in [-0.1, -0.05) is 27.7 Å². The molecule has 18 heavy (non-hydrogen) atoms. The summed E-state index contributed by atoms with van der Waals surface area (Å²) >= 11 is 0. The molecule has 0 aromatic rings. The average molecular weight is 248 g/mol. The second-order valence-corrected chi connectivity index (χ2v) is 7.64. The molecular weight excluding hydrogens is 224 g/mol. The first-order valence-electron chi connectivity index (χ1n) is 6.96. The van der Waals surface area contributed by atoms with Gasteiger partial charge in [0, 0.05) is 17.7 Å². The van der Waals surface area contributed by atoms with Crippen LogP contribution in [0.25, 0.3) is 0 Å². The summed E-state index contributed by atoms with van der Waals surface area (Å²) in [6, 6.07) is 0. The number of hydrogen-bond donors (Lipinski definition) is 1. The fourth-order valence-corrected chi connectivity index (χ4v) is 4.10. The Bertz CT molecular complexity index is 455. The van der Waals surface area contributed by atoms with Crippen LogP contribution < -0.4 is 5.32 Å². The van der Waals surface area contributed by atoms with Crippen LogP contribution in [-0.4, -0.2) is 29.9 Å². The number of nitrogens with one attached hydrogen (secondary N) is 1. The molecule has 0 aromatic heterocycles. The molecular formula is C15H24N2O. The zero-order chi connectivity index (χ0) is 13.3. The molecule has 0 unspecified atom stereocenters. The minimum absolute atomic E-state index is 0.0930. The average Bonchev–Trinajstić information content (AvgIpc) is 2.98. The largest absolute Gasteiger partial charge is 0.328 e. The van der Waals surface area contributed by atoms with E-state index >= 15 is 0 Å². The van der Waals surface area contributed by atoms with Gasteiger partial charge < -0.3 is 5.32 Å². The van der Waals surface area contributed by atoms with E-state index in [-0.39, 0.29) is 22.3 Å². The summed E-state index contributed by atoms with van der Waals surface area (Å²) in [5.74, 6) is 0.223. The van der Waals surface area contributed by atoms with Gasteiger partial charge in [-0.15, -0.1) is 0 Å². The lowest BCUT2D eigenvalue weighted by atomic mass is 9.80. The minimum Gasteiger partial charge on any atom is -0.328 e. The second-order valence-electron chi connectivity index (χ2n) is 7.64. The van der Waals surface area contributed by atoms with Crippen LogP contribution in [0.2, 0.25) is 0 Å². The van der Waals surface area contributed by atoms with Crippen molar-refractivity contribution in [3.05, 3.63) is 11.3 Å². The van der Waals surface area contributed by atoms with Crippen molar-refractivity contribution >= 4 is 5.91 Å². The molecule has 2 aliphatic carbocycles. The SMILES string of the molecule is CN1CC2=C(NC(=O)C13CC3)C(C)(C)CC2(C)C. The van der Waals surface area contributed by atoms with Crippen LogP contribution in [0, 0.1) is 10.8 Å². The Hall–Kier alpha value is -0.830. The maximum absolute atomic E-state index is 12.5. The molecule has 1 amide bonds. The number of rotatable bonds is 0. The molecule has 3 heteroatoms. The van der Waals surface area contributed by atoms with E-state index in [1.807, 2.05) is 0 Å². The fraction of sp³-hybridized carbons (Fsp3) is 0.800. The number of carbonyl (C=O) groups is 1. The smallest absolute Gasteiger partial charge is 0.244 e. The van der Waals surface area contributed by atoms with Gasteiger partial charge in [0.15, 0.2) is 0 Å². The number of likely N-dealkylation sites (N-methyl/N-ethyl adjacent to an activating group) is 1. The van der Waals surface area contributed by atoms with Crippen molar-refractivity contribution in [2.45, 2.75) is 52.5 Å². The molecule has 0 atom stereocenters. The Labute approximate surface area is 110 Å². The van der Waals surface area contributed by atoms with Crippen LogP contribution in [0.4, 0.5) is 0 Å². The number of hydrogen-bond acceptors (Lipinski definition) is 2. The van der Waals surface area contributed by atoms with Gasteiger partial charge in [-0.25, -0.2) is 0 Å². The number of nitrogens with zero attached hydrogens (tertiary/aromatic N) is 1. The van der Waals surface area contributed by atoms with E-state index in [4.69, 9.17) is 0 Å². The topological polar surface area (TPSA) is 32.3 Å². The predicted octanol–water partition coefficient (Wildman–Crippen LogP) is 2.29. The molecule has 0 bridgehead atoms. The van der Waals surface area contributed by atoms with E-state index in [9.17, 15) is 4.79 Å². The first-order valence-corrected chi connectivity index (χ1v) is 6.96. The molecule has 0 saturated heterocycles. The van der Waals surface area contributed by atoms with Gasteiger partial charge >= 0.3 is 0 Å². The lowest BCUT2D eigenvalue weighted by Crippen LogP contribution is -2.46. The summed E-state index contributed by atoms with van der Waals surface area (Å²) in [5, 5.41) is 3.27. The Morgan fingerprint density at radius 1 is 1.11 bits per heavy atom. The van der Waals surface area contributed by atoms with Crippen LogP contribution in [0.3, 0.4) is 0 Å². The van der Waals surface area contributed by atoms with Gasteiger partial charge in [0.25, 0.3) is 0 Å². The highest BCUT2D eigenvalue weighted by molar-refractivity contribution is 5.91. The van der Waals surface area contributed by atoms with Gasteiger partial charge in [-0.3, -0.25) is 9.69 Å². The Morgan fingerprint density at radius 3 is 2.28 bits per heavy atom. The summed E-state index contributed by atoms with van der Waals surface area (Å²) in [5.41, 5.74) is 2.73. The number of carbonyl (C=O) groups excluding carboxylic acids is 1. The molecule has 1 aliphatic heterocycles. The molecule has 0 aromatic carbocycles. The quantitative estimate of drug-likeness (QED) is 0.713. The Morgan fingerprint density at radius 2 is 1.72 bits per heavy atom. The van der Waals surface area contributed by atoms with Crippen molar-refractivity contribution in [2.24, 2.45) is 10.8 Å². The van der Waals surface area contributed by atoms with Gasteiger partial charge in [-0.05, 0) is 37.3 Å². The van der Waals surface area contributed by atoms with E-state index < -0.39 is 0 Å². The number of amides is 1. The van der Waals surface area contributed by atoms with E-state index in [1.54, 1.807) is 0 Å². The lowest BCUT2D eigenvalue weighted by Gasteiger charge is -2.31. The molecule has 1 fully saturated rings. The molecule has 1 heterocycles. The van der Waals surface area contributed by atoms with Crippen LogP contribution in [-0.2, 0) is 4.79 Å². The van der Waals surface area contributed by atoms with Crippen molar-refractivity contribution in [1.82, 2.24) is 10.2 Å². The van der Waals surface area contributed by atoms with Crippen molar-refractivity contribution in [3.8, 4) is 0 Å². The zero-order valence-corrected chi connectivity index (χ0v) is 12.2. The first kappa shape index (κ1) is 12.2. The summed E-state index contributed by atoms with van der Waals surface area (Å²) < 4.78 is 0. The van der Waals surface area contributed by atoms with Crippen LogP contribution >= 0.6 is 0 Å². The molecule has 3 aliphatic rings. The summed E-state index contributed by atoms with van der Waals surface area (Å²) in [6.45, 7) is 10.1. The van der Waals surface area contributed by atoms with Crippen LogP contribution in [0.1, 0.15) is 47.0 Å². The molecule has 3 nitrogen and oxygen atoms in total. The molecule has 0 radical (unpaired) electrons. The maximum Gasteiger partial charge on any atom is 0.244 e. The molecule has 1 saturated carbocycles. The molecule has 3 rings (SSSR count). The van der Waals surface area contributed by atoms with Gasteiger partial charge in [-0.2, -0.15) is 0 Å². The summed E-state index contributed by atoms with van der Waals surface area (Å²) in [6.07, 6.45) is 3.14. The minimum atomic E-state index is -0.198. The van der Waals surface area contributed by atoms with E-state index in [0.29, 0.717) is 0 Å². The van der Waals surface area contributed by atoms with Crippen LogP contribution in [0.15, 0.2) is 11.3 Å². The highest BCUT2D eigenvalue weighted by atomic mass is 16.2. The Balaban J connectivity index is 2.06. The highest BCUT2D eigenvalue weighted by Crippen LogP contribution is 2.54. The van der Waals surface area contributed by atoms with E-state index in [2.05, 4.69) is 45.0 Å². The summed E-state index contributed by atoms with van der Waals surface area (Å²) in [7, 11) is 2.10. The standard InChI is InChI=1S/C15H24N2O/c1-13(2)9-14(3,4)11-10(13)8-17(5)15(6-7-15)12(18)16-11/h6-9H2,1-5H3,(H,16,18). The van der Waals surface area contributed by atoms with Crippen molar-refractivity contribution < 1.29 is 4.79 Å². The van der Waals surface area contributed by atoms with Crippen molar-refractivity contribution in [2.75, 3.05) is 13.6 Å². The third-order valence-electron chi connectivity index (χ3n) is 5.19. The zero-order valence-electron chi connectivity index (χ0n) is 12.2. The lowest BCUT2D eigenvalue weighted by molar-refractivity contribution is -0.126. The fourth-order valence-electron chi connectivity index (χ4n) is 4.10. The normalized spacial score (nSPS) is 32.2.